The summed E-state index contributed by atoms with van der Waals surface area (Å²) in [5.74, 6) is 3.71. The maximum Gasteiger partial charge on any atom is 0.227 e. The lowest BCUT2D eigenvalue weighted by molar-refractivity contribution is 0.378. The molecule has 0 saturated carbocycles. The highest BCUT2D eigenvalue weighted by Gasteiger charge is 2.29. The number of aromatic nitrogens is 5. The van der Waals surface area contributed by atoms with E-state index in [-0.39, 0.29) is 11.7 Å². The molecule has 150 valence electrons. The van der Waals surface area contributed by atoms with Crippen molar-refractivity contribution in [1.82, 2.24) is 24.9 Å². The van der Waals surface area contributed by atoms with Gasteiger partial charge in [-0.25, -0.2) is 8.42 Å². The van der Waals surface area contributed by atoms with E-state index in [1.54, 1.807) is 23.1 Å². The Morgan fingerprint density at radius 1 is 1.39 bits per heavy atom. The average molecular weight is 440 g/mol. The van der Waals surface area contributed by atoms with Gasteiger partial charge in [-0.2, -0.15) is 4.98 Å². The molecule has 0 N–H and O–H groups in total. The molecule has 0 radical (unpaired) electrons. The summed E-state index contributed by atoms with van der Waals surface area (Å²) in [5, 5.41) is 15.4. The molecule has 0 amide bonds. The quantitative estimate of drug-likeness (QED) is 0.390. The summed E-state index contributed by atoms with van der Waals surface area (Å²) in [6.45, 7) is 0. The van der Waals surface area contributed by atoms with Crippen LogP contribution < -0.4 is 0 Å². The van der Waals surface area contributed by atoms with Crippen molar-refractivity contribution in [2.75, 3.05) is 17.3 Å². The highest BCUT2D eigenvalue weighted by Crippen LogP contribution is 2.25. The second kappa shape index (κ2) is 8.34. The lowest BCUT2D eigenvalue weighted by Crippen LogP contribution is -2.11. The van der Waals surface area contributed by atoms with Gasteiger partial charge in [0.2, 0.25) is 11.7 Å². The van der Waals surface area contributed by atoms with Crippen LogP contribution in [0.25, 0.3) is 10.7 Å². The minimum absolute atomic E-state index is 0.154. The van der Waals surface area contributed by atoms with E-state index in [4.69, 9.17) is 4.52 Å². The van der Waals surface area contributed by atoms with Gasteiger partial charge in [-0.3, -0.25) is 0 Å². The van der Waals surface area contributed by atoms with Crippen LogP contribution in [0.15, 0.2) is 27.2 Å². The van der Waals surface area contributed by atoms with Crippen molar-refractivity contribution >= 4 is 32.9 Å². The molecule has 8 nitrogen and oxygen atoms in total. The van der Waals surface area contributed by atoms with Crippen molar-refractivity contribution in [2.45, 2.75) is 30.8 Å². The second-order valence-corrected chi connectivity index (χ2v) is 11.1. The second-order valence-electron chi connectivity index (χ2n) is 6.87. The molecule has 0 aromatic carbocycles. The van der Waals surface area contributed by atoms with Gasteiger partial charge in [-0.1, -0.05) is 23.0 Å². The fourth-order valence-electron chi connectivity index (χ4n) is 3.19. The van der Waals surface area contributed by atoms with E-state index in [9.17, 15) is 8.42 Å². The summed E-state index contributed by atoms with van der Waals surface area (Å²) in [4.78, 5) is 5.43. The van der Waals surface area contributed by atoms with Gasteiger partial charge in [0.05, 0.1) is 16.4 Å². The molecule has 1 unspecified atom stereocenters. The Balaban J connectivity index is 1.25. The van der Waals surface area contributed by atoms with Gasteiger partial charge in [-0.05, 0) is 30.2 Å². The van der Waals surface area contributed by atoms with Crippen molar-refractivity contribution in [3.8, 4) is 10.7 Å². The summed E-state index contributed by atoms with van der Waals surface area (Å²) in [7, 11) is -0.923. The van der Waals surface area contributed by atoms with Gasteiger partial charge in [-0.15, -0.1) is 21.5 Å². The Morgan fingerprint density at radius 2 is 2.29 bits per heavy atom. The molecule has 28 heavy (non-hydrogen) atoms. The Hall–Kier alpha value is -1.72. The Bertz CT molecular complexity index is 1030. The van der Waals surface area contributed by atoms with Crippen LogP contribution in [0, 0.1) is 5.92 Å². The molecule has 4 rings (SSSR count). The SMILES string of the molecule is Cn1c(CC2CCS(=O)(=O)C2)nnc1SCCCc1nc(-c2cccs2)no1. The zero-order valence-electron chi connectivity index (χ0n) is 15.4. The fraction of sp³-hybridized carbons (Fsp3) is 0.529. The lowest BCUT2D eigenvalue weighted by atomic mass is 10.1. The monoisotopic (exact) mass is 439 g/mol. The topological polar surface area (TPSA) is 104 Å². The van der Waals surface area contributed by atoms with Crippen LogP contribution in [-0.2, 0) is 29.7 Å². The Morgan fingerprint density at radius 3 is 3.04 bits per heavy atom. The molecule has 0 spiro atoms. The summed E-state index contributed by atoms with van der Waals surface area (Å²) < 4.78 is 30.5. The molecule has 1 fully saturated rings. The van der Waals surface area contributed by atoms with Crippen molar-refractivity contribution in [2.24, 2.45) is 13.0 Å². The highest BCUT2D eigenvalue weighted by atomic mass is 32.2. The molecule has 1 saturated heterocycles. The fourth-order valence-corrected chi connectivity index (χ4v) is 6.57. The van der Waals surface area contributed by atoms with E-state index >= 15 is 0 Å². The van der Waals surface area contributed by atoms with Gasteiger partial charge in [0, 0.05) is 25.6 Å². The third kappa shape index (κ3) is 4.64. The number of nitrogens with zero attached hydrogens (tertiary/aromatic N) is 5. The normalized spacial score (nSPS) is 18.7. The predicted molar refractivity (Wildman–Crippen MR) is 108 cm³/mol. The minimum atomic E-state index is -2.86. The average Bonchev–Trinajstić information content (AvgIpc) is 3.43. The van der Waals surface area contributed by atoms with Crippen molar-refractivity contribution in [1.29, 1.82) is 0 Å². The highest BCUT2D eigenvalue weighted by molar-refractivity contribution is 7.99. The first kappa shape index (κ1) is 19.6. The largest absolute Gasteiger partial charge is 0.339 e. The standard InChI is InChI=1S/C17H21N5O3S3/c1-22-14(10-12-6-9-28(23,24)11-12)19-20-17(22)27-8-3-5-15-18-16(21-25-15)13-4-2-7-26-13/h2,4,7,12H,3,5-6,8-11H2,1H3. The van der Waals surface area contributed by atoms with Gasteiger partial charge < -0.3 is 9.09 Å². The Labute approximate surface area is 171 Å². The summed E-state index contributed by atoms with van der Waals surface area (Å²) in [6.07, 6.45) is 2.99. The van der Waals surface area contributed by atoms with E-state index in [0.29, 0.717) is 23.9 Å². The molecule has 0 aliphatic carbocycles. The number of hydrogen-bond acceptors (Lipinski definition) is 9. The summed E-state index contributed by atoms with van der Waals surface area (Å²) in [5.41, 5.74) is 0. The van der Waals surface area contributed by atoms with Crippen molar-refractivity contribution in [3.63, 3.8) is 0 Å². The molecule has 1 atom stereocenters. The van der Waals surface area contributed by atoms with Gasteiger partial charge in [0.25, 0.3) is 0 Å². The number of sulfone groups is 1. The first-order valence-electron chi connectivity index (χ1n) is 9.08. The van der Waals surface area contributed by atoms with Crippen molar-refractivity contribution < 1.29 is 12.9 Å². The first-order valence-corrected chi connectivity index (χ1v) is 12.8. The van der Waals surface area contributed by atoms with E-state index in [1.807, 2.05) is 29.1 Å². The van der Waals surface area contributed by atoms with Gasteiger partial charge in [0.1, 0.15) is 5.82 Å². The van der Waals surface area contributed by atoms with E-state index in [1.165, 1.54) is 0 Å². The third-order valence-corrected chi connectivity index (χ3v) is 8.51. The van der Waals surface area contributed by atoms with Gasteiger partial charge >= 0.3 is 0 Å². The zero-order chi connectivity index (χ0) is 19.6. The maximum atomic E-state index is 11.6. The Kier molecular flexibility index (Phi) is 5.83. The molecule has 1 aliphatic rings. The van der Waals surface area contributed by atoms with E-state index < -0.39 is 9.84 Å². The number of thioether (sulfide) groups is 1. The van der Waals surface area contributed by atoms with Crippen molar-refractivity contribution in [3.05, 3.63) is 29.2 Å². The lowest BCUT2D eigenvalue weighted by Gasteiger charge is -2.07. The number of rotatable bonds is 8. The van der Waals surface area contributed by atoms with Crippen LogP contribution in [0.2, 0.25) is 0 Å². The van der Waals surface area contributed by atoms with Crippen LogP contribution in [-0.4, -0.2) is 50.6 Å². The molecule has 3 aromatic heterocycles. The molecular weight excluding hydrogens is 418 g/mol. The third-order valence-electron chi connectivity index (χ3n) is 4.70. The molecule has 4 heterocycles. The molecule has 11 heteroatoms. The minimum Gasteiger partial charge on any atom is -0.339 e. The van der Waals surface area contributed by atoms with Crippen LogP contribution in [0.3, 0.4) is 0 Å². The van der Waals surface area contributed by atoms with Crippen LogP contribution >= 0.6 is 23.1 Å². The van der Waals surface area contributed by atoms with Crippen LogP contribution in [0.5, 0.6) is 0 Å². The summed E-state index contributed by atoms with van der Waals surface area (Å²) in [6, 6.07) is 3.94. The molecule has 1 aliphatic heterocycles. The molecule has 3 aromatic rings. The van der Waals surface area contributed by atoms with Crippen LogP contribution in [0.1, 0.15) is 24.6 Å². The number of thiophene rings is 1. The smallest absolute Gasteiger partial charge is 0.227 e. The van der Waals surface area contributed by atoms with E-state index in [2.05, 4.69) is 20.3 Å². The van der Waals surface area contributed by atoms with E-state index in [0.717, 1.165) is 40.9 Å². The molecular formula is C17H21N5O3S3. The first-order chi connectivity index (χ1) is 13.5. The van der Waals surface area contributed by atoms with Crippen LogP contribution in [0.4, 0.5) is 0 Å². The summed E-state index contributed by atoms with van der Waals surface area (Å²) >= 11 is 3.22. The molecule has 0 bridgehead atoms. The predicted octanol–water partition coefficient (Wildman–Crippen LogP) is 2.63. The number of hydrogen-bond donors (Lipinski definition) is 0. The van der Waals surface area contributed by atoms with Gasteiger partial charge in [0.15, 0.2) is 15.0 Å². The zero-order valence-corrected chi connectivity index (χ0v) is 17.9. The number of aryl methyl sites for hydroxylation is 1. The maximum absolute atomic E-state index is 11.6.